The molecule has 0 heterocycles. The summed E-state index contributed by atoms with van der Waals surface area (Å²) < 4.78 is 28.2. The zero-order valence-electron chi connectivity index (χ0n) is 14.4. The smallest absolute Gasteiger partial charge is 0.343 e. The van der Waals surface area contributed by atoms with Crippen LogP contribution in [0.15, 0.2) is 77.7 Å². The van der Waals surface area contributed by atoms with Gasteiger partial charge in [0.25, 0.3) is 0 Å². The van der Waals surface area contributed by atoms with Gasteiger partial charge in [0.05, 0.1) is 22.1 Å². The Balaban J connectivity index is 1.72. The summed E-state index contributed by atoms with van der Waals surface area (Å²) in [6, 6.07) is 21.8. The summed E-state index contributed by atoms with van der Waals surface area (Å²) in [6.07, 6.45) is 1.11. The number of nitriles is 1. The van der Waals surface area contributed by atoms with Gasteiger partial charge in [-0.2, -0.15) is 5.26 Å². The molecule has 6 heteroatoms. The lowest BCUT2D eigenvalue weighted by Crippen LogP contribution is -2.08. The third-order valence-electron chi connectivity index (χ3n) is 3.93. The Morgan fingerprint density at radius 3 is 1.85 bits per heavy atom. The molecule has 0 aromatic heterocycles. The second kappa shape index (κ2) is 7.44. The molecule has 0 amide bonds. The number of carbonyl (C=O) groups is 1. The number of nitrogens with zero attached hydrogens (tertiary/aromatic N) is 1. The monoisotopic (exact) mass is 377 g/mol. The minimum absolute atomic E-state index is 0.144. The molecule has 3 rings (SSSR count). The van der Waals surface area contributed by atoms with Crippen molar-refractivity contribution in [3.05, 3.63) is 83.9 Å². The molecule has 0 saturated heterocycles. The average molecular weight is 377 g/mol. The highest BCUT2D eigenvalue weighted by molar-refractivity contribution is 7.90. The van der Waals surface area contributed by atoms with Crippen molar-refractivity contribution in [3.8, 4) is 22.9 Å². The van der Waals surface area contributed by atoms with E-state index < -0.39 is 15.8 Å². The van der Waals surface area contributed by atoms with Crippen LogP contribution in [-0.2, 0) is 9.84 Å². The lowest BCUT2D eigenvalue weighted by atomic mass is 10.0. The molecule has 0 saturated carbocycles. The molecule has 3 aromatic carbocycles. The molecule has 0 radical (unpaired) electrons. The van der Waals surface area contributed by atoms with E-state index in [1.165, 1.54) is 24.3 Å². The van der Waals surface area contributed by atoms with Crippen LogP contribution >= 0.6 is 0 Å². The van der Waals surface area contributed by atoms with Crippen molar-refractivity contribution in [2.75, 3.05) is 6.26 Å². The number of sulfone groups is 1. The summed E-state index contributed by atoms with van der Waals surface area (Å²) in [5, 5.41) is 8.84. The Morgan fingerprint density at radius 1 is 0.852 bits per heavy atom. The van der Waals surface area contributed by atoms with Crippen molar-refractivity contribution in [2.24, 2.45) is 0 Å². The van der Waals surface area contributed by atoms with Crippen LogP contribution in [0.3, 0.4) is 0 Å². The van der Waals surface area contributed by atoms with Crippen LogP contribution < -0.4 is 4.74 Å². The minimum atomic E-state index is -3.31. The molecule has 0 aliphatic heterocycles. The Morgan fingerprint density at radius 2 is 1.37 bits per heavy atom. The number of ether oxygens (including phenoxy) is 1. The Bertz CT molecular complexity index is 1110. The first-order valence-electron chi connectivity index (χ1n) is 8.00. The molecule has 0 spiro atoms. The van der Waals surface area contributed by atoms with Crippen LogP contribution in [0.5, 0.6) is 5.75 Å². The van der Waals surface area contributed by atoms with Crippen LogP contribution in [0, 0.1) is 11.3 Å². The third kappa shape index (κ3) is 4.40. The van der Waals surface area contributed by atoms with Crippen molar-refractivity contribution in [1.29, 1.82) is 5.26 Å². The molecule has 0 N–H and O–H groups in total. The van der Waals surface area contributed by atoms with Gasteiger partial charge in [0.2, 0.25) is 0 Å². The van der Waals surface area contributed by atoms with Gasteiger partial charge >= 0.3 is 5.97 Å². The van der Waals surface area contributed by atoms with E-state index in [0.717, 1.165) is 17.4 Å². The lowest BCUT2D eigenvalue weighted by Gasteiger charge is -2.07. The third-order valence-corrected chi connectivity index (χ3v) is 5.06. The summed E-state index contributed by atoms with van der Waals surface area (Å²) in [4.78, 5) is 12.3. The topological polar surface area (TPSA) is 84.2 Å². The minimum Gasteiger partial charge on any atom is -0.423 e. The van der Waals surface area contributed by atoms with Crippen LogP contribution in [0.4, 0.5) is 0 Å². The molecule has 3 aromatic rings. The van der Waals surface area contributed by atoms with E-state index in [2.05, 4.69) is 6.07 Å². The van der Waals surface area contributed by atoms with E-state index >= 15 is 0 Å². The molecule has 0 atom stereocenters. The van der Waals surface area contributed by atoms with E-state index in [4.69, 9.17) is 10.00 Å². The first-order chi connectivity index (χ1) is 12.9. The summed E-state index contributed by atoms with van der Waals surface area (Å²) in [5.41, 5.74) is 2.73. The summed E-state index contributed by atoms with van der Waals surface area (Å²) >= 11 is 0. The van der Waals surface area contributed by atoms with Gasteiger partial charge in [0, 0.05) is 6.26 Å². The molecular weight excluding hydrogens is 362 g/mol. The van der Waals surface area contributed by atoms with Crippen molar-refractivity contribution in [2.45, 2.75) is 4.90 Å². The second-order valence-corrected chi connectivity index (χ2v) is 7.92. The number of benzene rings is 3. The van der Waals surface area contributed by atoms with Crippen LogP contribution in [0.25, 0.3) is 11.1 Å². The highest BCUT2D eigenvalue weighted by Gasteiger charge is 2.12. The predicted molar refractivity (Wildman–Crippen MR) is 101 cm³/mol. The van der Waals surface area contributed by atoms with Gasteiger partial charge in [-0.3, -0.25) is 0 Å². The van der Waals surface area contributed by atoms with Crippen LogP contribution in [0.2, 0.25) is 0 Å². The first kappa shape index (κ1) is 18.4. The highest BCUT2D eigenvalue weighted by Crippen LogP contribution is 2.23. The first-order valence-corrected chi connectivity index (χ1v) is 9.89. The zero-order chi connectivity index (χ0) is 19.4. The number of carbonyl (C=O) groups excluding carboxylic acids is 1. The van der Waals surface area contributed by atoms with Crippen LogP contribution in [-0.4, -0.2) is 20.6 Å². The van der Waals surface area contributed by atoms with E-state index in [1.54, 1.807) is 24.3 Å². The normalized spacial score (nSPS) is 10.8. The number of esters is 1. The number of hydrogen-bond acceptors (Lipinski definition) is 5. The molecule has 5 nitrogen and oxygen atoms in total. The number of hydrogen-bond donors (Lipinski definition) is 0. The van der Waals surface area contributed by atoms with Crippen molar-refractivity contribution in [3.63, 3.8) is 0 Å². The van der Waals surface area contributed by atoms with Gasteiger partial charge in [-0.05, 0) is 59.7 Å². The number of rotatable bonds is 4. The molecule has 134 valence electrons. The maximum Gasteiger partial charge on any atom is 0.343 e. The van der Waals surface area contributed by atoms with E-state index in [-0.39, 0.29) is 10.5 Å². The molecule has 0 fully saturated rings. The van der Waals surface area contributed by atoms with Crippen molar-refractivity contribution < 1.29 is 17.9 Å². The molecule has 0 aliphatic carbocycles. The van der Waals surface area contributed by atoms with Gasteiger partial charge in [-0.15, -0.1) is 0 Å². The molecular formula is C21H15NO4S. The Labute approximate surface area is 157 Å². The van der Waals surface area contributed by atoms with Crippen molar-refractivity contribution >= 4 is 15.8 Å². The van der Waals surface area contributed by atoms with Gasteiger partial charge in [-0.1, -0.05) is 24.3 Å². The van der Waals surface area contributed by atoms with Gasteiger partial charge in [0.1, 0.15) is 5.75 Å². The largest absolute Gasteiger partial charge is 0.423 e. The lowest BCUT2D eigenvalue weighted by molar-refractivity contribution is 0.0734. The fourth-order valence-corrected chi connectivity index (χ4v) is 3.09. The molecule has 0 bridgehead atoms. The van der Waals surface area contributed by atoms with Gasteiger partial charge in [-0.25, -0.2) is 13.2 Å². The van der Waals surface area contributed by atoms with E-state index in [1.807, 2.05) is 24.3 Å². The van der Waals surface area contributed by atoms with Gasteiger partial charge < -0.3 is 4.74 Å². The Kier molecular flexibility index (Phi) is 5.06. The SMILES string of the molecule is CS(=O)(=O)c1ccc(C(=O)Oc2ccc(-c3ccc(C#N)cc3)cc2)cc1. The van der Waals surface area contributed by atoms with Gasteiger partial charge in [0.15, 0.2) is 9.84 Å². The van der Waals surface area contributed by atoms with Crippen molar-refractivity contribution in [1.82, 2.24) is 0 Å². The fraction of sp³-hybridized carbons (Fsp3) is 0.0476. The maximum atomic E-state index is 12.2. The zero-order valence-corrected chi connectivity index (χ0v) is 15.2. The van der Waals surface area contributed by atoms with Crippen LogP contribution in [0.1, 0.15) is 15.9 Å². The van der Waals surface area contributed by atoms with E-state index in [9.17, 15) is 13.2 Å². The highest BCUT2D eigenvalue weighted by atomic mass is 32.2. The standard InChI is InChI=1S/C21H15NO4S/c1-27(24,25)20-12-8-18(9-13-20)21(23)26-19-10-6-17(7-11-19)16-4-2-15(14-22)3-5-16/h2-13H,1H3. The molecule has 27 heavy (non-hydrogen) atoms. The maximum absolute atomic E-state index is 12.2. The predicted octanol–water partition coefficient (Wildman–Crippen LogP) is 3.85. The van der Waals surface area contributed by atoms with E-state index in [0.29, 0.717) is 11.3 Å². The quantitative estimate of drug-likeness (QED) is 0.509. The fourth-order valence-electron chi connectivity index (χ4n) is 2.46. The summed E-state index contributed by atoms with van der Waals surface area (Å²) in [6.45, 7) is 0. The summed E-state index contributed by atoms with van der Waals surface area (Å²) in [5.74, 6) is -0.189. The molecule has 0 aliphatic rings. The Hall–Kier alpha value is -3.43. The summed E-state index contributed by atoms with van der Waals surface area (Å²) in [7, 11) is -3.31. The molecule has 0 unspecified atom stereocenters. The second-order valence-electron chi connectivity index (χ2n) is 5.90. The average Bonchev–Trinajstić information content (AvgIpc) is 2.68.